The van der Waals surface area contributed by atoms with E-state index in [1.54, 1.807) is 19.2 Å². The molecule has 0 radical (unpaired) electrons. The highest BCUT2D eigenvalue weighted by atomic mass is 19.1. The van der Waals surface area contributed by atoms with E-state index in [-0.39, 0.29) is 11.9 Å². The number of oxime groups is 1. The topological polar surface area (TPSA) is 54.3 Å². The Morgan fingerprint density at radius 2 is 2.13 bits per heavy atom. The Bertz CT molecular complexity index is 854. The largest absolute Gasteiger partial charge is 0.497 e. The molecular weight excluding hydrogens is 383 g/mol. The van der Waals surface area contributed by atoms with Crippen LogP contribution in [0, 0.1) is 5.82 Å². The van der Waals surface area contributed by atoms with Crippen molar-refractivity contribution in [3.05, 3.63) is 78.1 Å². The van der Waals surface area contributed by atoms with Crippen molar-refractivity contribution in [2.24, 2.45) is 5.16 Å². The molecule has 0 aliphatic carbocycles. The van der Waals surface area contributed by atoms with E-state index in [2.05, 4.69) is 16.6 Å². The molecule has 0 spiro atoms. The number of rotatable bonds is 11. The minimum atomic E-state index is -0.451. The Morgan fingerprint density at radius 1 is 1.33 bits per heavy atom. The molecule has 1 heterocycles. The number of halogens is 1. The number of methoxy groups -OCH3 is 1. The first kappa shape index (κ1) is 22.0. The minimum Gasteiger partial charge on any atom is -0.497 e. The molecule has 160 valence electrons. The summed E-state index contributed by atoms with van der Waals surface area (Å²) < 4.78 is 18.5. The summed E-state index contributed by atoms with van der Waals surface area (Å²) in [4.78, 5) is 7.83. The first-order chi connectivity index (χ1) is 14.6. The molecule has 0 fully saturated rings. The highest BCUT2D eigenvalue weighted by Crippen LogP contribution is 2.20. The van der Waals surface area contributed by atoms with Gasteiger partial charge < -0.3 is 14.7 Å². The summed E-state index contributed by atoms with van der Waals surface area (Å²) in [7, 11) is 1.65. The van der Waals surface area contributed by atoms with Gasteiger partial charge in [0.2, 0.25) is 0 Å². The van der Waals surface area contributed by atoms with Crippen molar-refractivity contribution in [2.45, 2.75) is 38.0 Å². The Labute approximate surface area is 177 Å². The lowest BCUT2D eigenvalue weighted by molar-refractivity contribution is 0.0308. The Kier molecular flexibility index (Phi) is 7.99. The fraction of sp³-hybridized carbons (Fsp3) is 0.375. The second kappa shape index (κ2) is 10.9. The molecule has 3 rings (SSSR count). The van der Waals surface area contributed by atoms with E-state index in [4.69, 9.17) is 9.57 Å². The molecule has 5 nitrogen and oxygen atoms in total. The number of aliphatic hydroxyl groups is 1. The van der Waals surface area contributed by atoms with Crippen molar-refractivity contribution in [1.82, 2.24) is 4.90 Å². The molecule has 2 aromatic carbocycles. The van der Waals surface area contributed by atoms with Crippen molar-refractivity contribution < 1.29 is 19.1 Å². The lowest BCUT2D eigenvalue weighted by atomic mass is 10.0. The molecule has 30 heavy (non-hydrogen) atoms. The number of benzene rings is 2. The summed E-state index contributed by atoms with van der Waals surface area (Å²) in [5.41, 5.74) is 2.78. The molecular formula is C24H29FN2O3. The summed E-state index contributed by atoms with van der Waals surface area (Å²) in [6, 6.07) is 14.2. The highest BCUT2D eigenvalue weighted by Gasteiger charge is 2.25. The van der Waals surface area contributed by atoms with Crippen molar-refractivity contribution in [3.63, 3.8) is 0 Å². The summed E-state index contributed by atoms with van der Waals surface area (Å²) in [5.74, 6) is 0.534. The predicted octanol–water partition coefficient (Wildman–Crippen LogP) is 4.16. The Morgan fingerprint density at radius 3 is 2.87 bits per heavy atom. The number of nitrogens with zero attached hydrogens (tertiary/aromatic N) is 2. The van der Waals surface area contributed by atoms with Gasteiger partial charge in [-0.3, -0.25) is 4.90 Å². The van der Waals surface area contributed by atoms with Crippen LogP contribution < -0.4 is 4.74 Å². The average Bonchev–Trinajstić information content (AvgIpc) is 3.21. The van der Waals surface area contributed by atoms with E-state index in [1.807, 2.05) is 30.3 Å². The first-order valence-electron chi connectivity index (χ1n) is 10.2. The Hall–Kier alpha value is -2.70. The van der Waals surface area contributed by atoms with E-state index < -0.39 is 6.10 Å². The van der Waals surface area contributed by atoms with Gasteiger partial charge in [0, 0.05) is 26.1 Å². The molecule has 0 saturated carbocycles. The quantitative estimate of drug-likeness (QED) is 0.563. The summed E-state index contributed by atoms with van der Waals surface area (Å²) >= 11 is 0. The van der Waals surface area contributed by atoms with Crippen molar-refractivity contribution >= 4 is 5.71 Å². The van der Waals surface area contributed by atoms with E-state index in [0.717, 1.165) is 29.0 Å². The maximum Gasteiger partial charge on any atom is 0.145 e. The van der Waals surface area contributed by atoms with Crippen LogP contribution in [0.1, 0.15) is 30.4 Å². The molecule has 0 aromatic heterocycles. The molecule has 1 aliphatic rings. The fourth-order valence-corrected chi connectivity index (χ4v) is 3.56. The highest BCUT2D eigenvalue weighted by molar-refractivity contribution is 6.01. The molecule has 6 heteroatoms. The third kappa shape index (κ3) is 6.40. The number of hydrogen-bond acceptors (Lipinski definition) is 5. The van der Waals surface area contributed by atoms with Gasteiger partial charge in [-0.15, -0.1) is 6.58 Å². The van der Waals surface area contributed by atoms with Crippen LogP contribution in [0.25, 0.3) is 0 Å². The lowest BCUT2D eigenvalue weighted by Gasteiger charge is -2.27. The van der Waals surface area contributed by atoms with Gasteiger partial charge in [-0.05, 0) is 48.2 Å². The third-order valence-electron chi connectivity index (χ3n) is 5.09. The van der Waals surface area contributed by atoms with E-state index in [0.29, 0.717) is 32.5 Å². The smallest absolute Gasteiger partial charge is 0.145 e. The van der Waals surface area contributed by atoms with Gasteiger partial charge in [0.25, 0.3) is 0 Å². The van der Waals surface area contributed by atoms with Crippen molar-refractivity contribution in [1.29, 1.82) is 0 Å². The van der Waals surface area contributed by atoms with Crippen molar-refractivity contribution in [3.8, 4) is 5.75 Å². The van der Waals surface area contributed by atoms with E-state index in [9.17, 15) is 9.50 Å². The SMILES string of the molecule is C=CCC[C@H](O)CN(Cc1cccc(OC)c1)C[C@H]1CC(c2ccc(F)cc2)=NO1. The number of aliphatic hydroxyl groups excluding tert-OH is 1. The maximum atomic E-state index is 13.2. The van der Waals surface area contributed by atoms with Gasteiger partial charge in [-0.1, -0.05) is 35.5 Å². The second-order valence-electron chi connectivity index (χ2n) is 7.54. The van der Waals surface area contributed by atoms with Gasteiger partial charge in [0.15, 0.2) is 0 Å². The first-order valence-corrected chi connectivity index (χ1v) is 10.2. The zero-order valence-corrected chi connectivity index (χ0v) is 17.3. The van der Waals surface area contributed by atoms with Gasteiger partial charge in [-0.2, -0.15) is 0 Å². The minimum absolute atomic E-state index is 0.123. The van der Waals surface area contributed by atoms with Crippen LogP contribution >= 0.6 is 0 Å². The van der Waals surface area contributed by atoms with Gasteiger partial charge in [0.05, 0.1) is 18.9 Å². The fourth-order valence-electron chi connectivity index (χ4n) is 3.56. The number of hydrogen-bond donors (Lipinski definition) is 1. The van der Waals surface area contributed by atoms with Crippen molar-refractivity contribution in [2.75, 3.05) is 20.2 Å². The Balaban J connectivity index is 1.64. The normalized spacial score (nSPS) is 16.8. The zero-order valence-electron chi connectivity index (χ0n) is 17.3. The van der Waals surface area contributed by atoms with Crippen LogP contribution in [-0.4, -0.2) is 48.1 Å². The predicted molar refractivity (Wildman–Crippen MR) is 116 cm³/mol. The summed E-state index contributed by atoms with van der Waals surface area (Å²) in [6.07, 6.45) is 3.32. The lowest BCUT2D eigenvalue weighted by Crippen LogP contribution is -2.37. The molecule has 0 amide bonds. The van der Waals surface area contributed by atoms with Crippen LogP contribution in [0.2, 0.25) is 0 Å². The molecule has 0 unspecified atom stereocenters. The monoisotopic (exact) mass is 412 g/mol. The van der Waals surface area contributed by atoms with Gasteiger partial charge in [0.1, 0.15) is 17.7 Å². The number of allylic oxidation sites excluding steroid dienone is 1. The molecule has 0 bridgehead atoms. The summed E-state index contributed by atoms with van der Waals surface area (Å²) in [6.45, 7) is 5.53. The standard InChI is InChI=1S/C24H29FN2O3/c1-3-4-7-21(28)16-27(15-18-6-5-8-22(13-18)29-2)17-23-14-24(26-30-23)19-9-11-20(25)12-10-19/h3,5-6,8-13,21,23,28H,1,4,7,14-17H2,2H3/t21-,23+/m0/s1. The van der Waals surface area contributed by atoms with Crippen LogP contribution in [0.15, 0.2) is 66.3 Å². The second-order valence-corrected chi connectivity index (χ2v) is 7.54. The van der Waals surface area contributed by atoms with Gasteiger partial charge >= 0.3 is 0 Å². The third-order valence-corrected chi connectivity index (χ3v) is 5.09. The summed E-state index contributed by atoms with van der Waals surface area (Å²) in [5, 5.41) is 14.6. The van der Waals surface area contributed by atoms with E-state index in [1.165, 1.54) is 12.1 Å². The van der Waals surface area contributed by atoms with E-state index >= 15 is 0 Å². The maximum absolute atomic E-state index is 13.2. The van der Waals surface area contributed by atoms with Crippen LogP contribution in [0.5, 0.6) is 5.75 Å². The zero-order chi connectivity index (χ0) is 21.3. The average molecular weight is 413 g/mol. The van der Waals surface area contributed by atoms with Crippen LogP contribution in [0.4, 0.5) is 4.39 Å². The van der Waals surface area contributed by atoms with Crippen LogP contribution in [0.3, 0.4) is 0 Å². The molecule has 1 aliphatic heterocycles. The molecule has 0 saturated heterocycles. The van der Waals surface area contributed by atoms with Gasteiger partial charge in [-0.25, -0.2) is 4.39 Å². The number of ether oxygens (including phenoxy) is 1. The van der Waals surface area contributed by atoms with Crippen LogP contribution in [-0.2, 0) is 11.4 Å². The molecule has 2 aromatic rings. The molecule has 2 atom stereocenters. The molecule has 1 N–H and O–H groups in total.